The molecule has 1 atom stereocenters. The van der Waals surface area contributed by atoms with Gasteiger partial charge in [-0.15, -0.1) is 0 Å². The van der Waals surface area contributed by atoms with Gasteiger partial charge in [0.25, 0.3) is 0 Å². The number of rotatable bonds is 4. The van der Waals surface area contributed by atoms with Crippen molar-refractivity contribution in [1.82, 2.24) is 0 Å². The van der Waals surface area contributed by atoms with Crippen molar-refractivity contribution < 1.29 is 9.53 Å². The van der Waals surface area contributed by atoms with Gasteiger partial charge >= 0.3 is 5.97 Å². The Hall–Kier alpha value is -2.35. The summed E-state index contributed by atoms with van der Waals surface area (Å²) < 4.78 is 4.92. The largest absolute Gasteiger partial charge is 0.468 e. The summed E-state index contributed by atoms with van der Waals surface area (Å²) in [6.45, 7) is 2.01. The van der Waals surface area contributed by atoms with Crippen LogP contribution in [0.25, 0.3) is 5.57 Å². The van der Waals surface area contributed by atoms with E-state index in [-0.39, 0.29) is 11.9 Å². The summed E-state index contributed by atoms with van der Waals surface area (Å²) in [4.78, 5) is 12.0. The van der Waals surface area contributed by atoms with Gasteiger partial charge in [-0.3, -0.25) is 4.79 Å². The Balaban J connectivity index is 2.36. The number of hydrogen-bond donors (Lipinski definition) is 0. The topological polar surface area (TPSA) is 26.3 Å². The van der Waals surface area contributed by atoms with Gasteiger partial charge in [0.15, 0.2) is 0 Å². The monoisotopic (exact) mass is 266 g/mol. The number of methoxy groups -OCH3 is 1. The first-order valence-electron chi connectivity index (χ1n) is 6.59. The number of benzene rings is 2. The SMILES string of the molecule is COC(=O)C(C=C(C)c1ccccc1)c1ccccc1. The van der Waals surface area contributed by atoms with Crippen molar-refractivity contribution in [3.63, 3.8) is 0 Å². The molecule has 0 saturated carbocycles. The molecule has 0 spiro atoms. The maximum atomic E-state index is 12.0. The lowest BCUT2D eigenvalue weighted by molar-refractivity contribution is -0.141. The minimum absolute atomic E-state index is 0.244. The van der Waals surface area contributed by atoms with Gasteiger partial charge in [0, 0.05) is 0 Å². The highest BCUT2D eigenvalue weighted by atomic mass is 16.5. The van der Waals surface area contributed by atoms with E-state index in [9.17, 15) is 4.79 Å². The number of carbonyl (C=O) groups is 1. The molecule has 2 aromatic rings. The Kier molecular flexibility index (Phi) is 4.72. The second-order valence-corrected chi connectivity index (χ2v) is 4.63. The average Bonchev–Trinajstić information content (AvgIpc) is 2.53. The summed E-state index contributed by atoms with van der Waals surface area (Å²) in [5.74, 6) is -0.618. The van der Waals surface area contributed by atoms with Gasteiger partial charge in [-0.2, -0.15) is 0 Å². The molecular formula is C18H18O2. The van der Waals surface area contributed by atoms with E-state index in [1.165, 1.54) is 7.11 Å². The second-order valence-electron chi connectivity index (χ2n) is 4.63. The molecule has 0 heterocycles. The van der Waals surface area contributed by atoms with Gasteiger partial charge in [0.05, 0.1) is 7.11 Å². The first kappa shape index (κ1) is 14.1. The highest BCUT2D eigenvalue weighted by Crippen LogP contribution is 2.24. The first-order chi connectivity index (χ1) is 9.72. The lowest BCUT2D eigenvalue weighted by atomic mass is 9.94. The van der Waals surface area contributed by atoms with Crippen molar-refractivity contribution in [1.29, 1.82) is 0 Å². The maximum Gasteiger partial charge on any atom is 0.317 e. The van der Waals surface area contributed by atoms with Crippen LogP contribution in [0.3, 0.4) is 0 Å². The molecule has 0 aliphatic rings. The predicted molar refractivity (Wildman–Crippen MR) is 81.3 cm³/mol. The van der Waals surface area contributed by atoms with Crippen LogP contribution in [0.5, 0.6) is 0 Å². The van der Waals surface area contributed by atoms with Crippen molar-refractivity contribution in [3.8, 4) is 0 Å². The Morgan fingerprint density at radius 3 is 2.10 bits per heavy atom. The molecule has 20 heavy (non-hydrogen) atoms. The van der Waals surface area contributed by atoms with E-state index in [0.29, 0.717) is 0 Å². The van der Waals surface area contributed by atoms with E-state index in [1.54, 1.807) is 0 Å². The molecule has 0 fully saturated rings. The first-order valence-corrected chi connectivity index (χ1v) is 6.59. The van der Waals surface area contributed by atoms with Crippen LogP contribution in [-0.2, 0) is 9.53 Å². The summed E-state index contributed by atoms with van der Waals surface area (Å²) in [5, 5.41) is 0. The molecule has 2 nitrogen and oxygen atoms in total. The molecule has 0 N–H and O–H groups in total. The normalized spacial score (nSPS) is 12.8. The molecule has 0 amide bonds. The molecule has 1 unspecified atom stereocenters. The fourth-order valence-electron chi connectivity index (χ4n) is 2.13. The fraction of sp³-hybridized carbons (Fsp3) is 0.167. The van der Waals surface area contributed by atoms with E-state index < -0.39 is 0 Å². The lowest BCUT2D eigenvalue weighted by Gasteiger charge is -2.12. The quantitative estimate of drug-likeness (QED) is 0.780. The Morgan fingerprint density at radius 1 is 1.00 bits per heavy atom. The van der Waals surface area contributed by atoms with Gasteiger partial charge < -0.3 is 4.74 Å². The van der Waals surface area contributed by atoms with Gasteiger partial charge in [0.1, 0.15) is 5.92 Å². The van der Waals surface area contributed by atoms with Gasteiger partial charge in [-0.05, 0) is 23.6 Å². The molecule has 0 aliphatic heterocycles. The van der Waals surface area contributed by atoms with Crippen LogP contribution >= 0.6 is 0 Å². The summed E-state index contributed by atoms with van der Waals surface area (Å²) in [6, 6.07) is 19.7. The minimum Gasteiger partial charge on any atom is -0.468 e. The van der Waals surface area contributed by atoms with Crippen molar-refractivity contribution in [2.45, 2.75) is 12.8 Å². The number of carbonyl (C=O) groups excluding carboxylic acids is 1. The number of hydrogen-bond acceptors (Lipinski definition) is 2. The molecule has 2 rings (SSSR count). The van der Waals surface area contributed by atoms with Crippen molar-refractivity contribution >= 4 is 11.5 Å². The lowest BCUT2D eigenvalue weighted by Crippen LogP contribution is -2.12. The molecule has 102 valence electrons. The van der Waals surface area contributed by atoms with Gasteiger partial charge in [0.2, 0.25) is 0 Å². The van der Waals surface area contributed by atoms with E-state index in [2.05, 4.69) is 0 Å². The van der Waals surface area contributed by atoms with Gasteiger partial charge in [-0.1, -0.05) is 66.7 Å². The van der Waals surface area contributed by atoms with Crippen LogP contribution in [0.1, 0.15) is 24.0 Å². The third-order valence-corrected chi connectivity index (χ3v) is 3.26. The van der Waals surface area contributed by atoms with Crippen molar-refractivity contribution in [2.24, 2.45) is 0 Å². The Morgan fingerprint density at radius 2 is 1.55 bits per heavy atom. The Labute approximate surface area is 119 Å². The van der Waals surface area contributed by atoms with Crippen LogP contribution in [0.2, 0.25) is 0 Å². The molecule has 0 aliphatic carbocycles. The molecule has 0 saturated heterocycles. The third-order valence-electron chi connectivity index (χ3n) is 3.26. The van der Waals surface area contributed by atoms with E-state index in [1.807, 2.05) is 73.7 Å². The minimum atomic E-state index is -0.374. The molecule has 2 aromatic carbocycles. The molecule has 0 radical (unpaired) electrons. The summed E-state index contributed by atoms with van der Waals surface area (Å²) in [7, 11) is 1.42. The van der Waals surface area contributed by atoms with E-state index in [0.717, 1.165) is 16.7 Å². The zero-order valence-electron chi connectivity index (χ0n) is 11.7. The molecule has 0 bridgehead atoms. The summed E-state index contributed by atoms with van der Waals surface area (Å²) in [6.07, 6.45) is 1.95. The number of allylic oxidation sites excluding steroid dienone is 1. The highest BCUT2D eigenvalue weighted by Gasteiger charge is 2.19. The predicted octanol–water partition coefficient (Wildman–Crippen LogP) is 4.05. The number of esters is 1. The summed E-state index contributed by atoms with van der Waals surface area (Å²) >= 11 is 0. The maximum absolute atomic E-state index is 12.0. The van der Waals surface area contributed by atoms with Crippen LogP contribution < -0.4 is 0 Å². The third kappa shape index (κ3) is 3.35. The Bertz CT molecular complexity index is 585. The zero-order valence-corrected chi connectivity index (χ0v) is 11.7. The highest BCUT2D eigenvalue weighted by molar-refractivity contribution is 5.83. The number of ether oxygens (including phenoxy) is 1. The second kappa shape index (κ2) is 6.71. The zero-order chi connectivity index (χ0) is 14.4. The van der Waals surface area contributed by atoms with Crippen molar-refractivity contribution in [2.75, 3.05) is 7.11 Å². The van der Waals surface area contributed by atoms with Crippen molar-refractivity contribution in [3.05, 3.63) is 77.9 Å². The molecule has 2 heteroatoms. The summed E-state index contributed by atoms with van der Waals surface area (Å²) in [5.41, 5.74) is 3.11. The smallest absolute Gasteiger partial charge is 0.317 e. The van der Waals surface area contributed by atoms with Gasteiger partial charge in [-0.25, -0.2) is 0 Å². The molecule has 0 aromatic heterocycles. The fourth-order valence-corrected chi connectivity index (χ4v) is 2.13. The standard InChI is InChI=1S/C18H18O2/c1-14(15-9-5-3-6-10-15)13-17(18(19)20-2)16-11-7-4-8-12-16/h3-13,17H,1-2H3. The average molecular weight is 266 g/mol. The van der Waals surface area contributed by atoms with Crippen LogP contribution in [-0.4, -0.2) is 13.1 Å². The van der Waals surface area contributed by atoms with E-state index >= 15 is 0 Å². The van der Waals surface area contributed by atoms with Crippen LogP contribution in [0.15, 0.2) is 66.7 Å². The molecular weight excluding hydrogens is 248 g/mol. The van der Waals surface area contributed by atoms with E-state index in [4.69, 9.17) is 4.74 Å². The van der Waals surface area contributed by atoms with Crippen LogP contribution in [0.4, 0.5) is 0 Å². The van der Waals surface area contributed by atoms with Crippen LogP contribution in [0, 0.1) is 0 Å².